The SMILES string of the molecule is CC(=O)Nc1nc(C)c(Cc2cccc(Cl)c2)s1. The fourth-order valence-electron chi connectivity index (χ4n) is 1.63. The molecule has 0 unspecified atom stereocenters. The molecule has 1 N–H and O–H groups in total. The minimum Gasteiger partial charge on any atom is -0.302 e. The summed E-state index contributed by atoms with van der Waals surface area (Å²) in [5.41, 5.74) is 2.09. The summed E-state index contributed by atoms with van der Waals surface area (Å²) in [6.45, 7) is 3.43. The van der Waals surface area contributed by atoms with Crippen LogP contribution in [0, 0.1) is 6.92 Å². The van der Waals surface area contributed by atoms with Gasteiger partial charge >= 0.3 is 0 Å². The minimum atomic E-state index is -0.0990. The van der Waals surface area contributed by atoms with Gasteiger partial charge in [-0.2, -0.15) is 0 Å². The van der Waals surface area contributed by atoms with Gasteiger partial charge in [0.05, 0.1) is 5.69 Å². The number of rotatable bonds is 3. The molecule has 0 aliphatic rings. The van der Waals surface area contributed by atoms with Gasteiger partial charge in [-0.1, -0.05) is 23.7 Å². The number of aryl methyl sites for hydroxylation is 1. The third-order valence-electron chi connectivity index (χ3n) is 2.43. The van der Waals surface area contributed by atoms with E-state index in [-0.39, 0.29) is 5.91 Å². The molecule has 1 amide bonds. The van der Waals surface area contributed by atoms with Crippen LogP contribution in [0.5, 0.6) is 0 Å². The molecule has 2 rings (SSSR count). The number of hydrogen-bond acceptors (Lipinski definition) is 3. The van der Waals surface area contributed by atoms with Gasteiger partial charge in [-0.05, 0) is 24.6 Å². The van der Waals surface area contributed by atoms with Crippen LogP contribution < -0.4 is 5.32 Å². The molecular weight excluding hydrogens is 268 g/mol. The maximum atomic E-state index is 11.0. The molecule has 0 saturated carbocycles. The molecule has 0 bridgehead atoms. The van der Waals surface area contributed by atoms with Gasteiger partial charge < -0.3 is 5.32 Å². The van der Waals surface area contributed by atoms with Gasteiger partial charge in [0, 0.05) is 23.2 Å². The van der Waals surface area contributed by atoms with Crippen LogP contribution in [0.4, 0.5) is 5.13 Å². The fourth-order valence-corrected chi connectivity index (χ4v) is 2.88. The summed E-state index contributed by atoms with van der Waals surface area (Å²) in [7, 11) is 0. The lowest BCUT2D eigenvalue weighted by molar-refractivity contribution is -0.114. The molecule has 0 spiro atoms. The van der Waals surface area contributed by atoms with Gasteiger partial charge in [-0.25, -0.2) is 4.98 Å². The maximum absolute atomic E-state index is 11.0. The van der Waals surface area contributed by atoms with E-state index in [1.54, 1.807) is 0 Å². The van der Waals surface area contributed by atoms with E-state index in [1.807, 2.05) is 31.2 Å². The lowest BCUT2D eigenvalue weighted by Crippen LogP contribution is -2.04. The van der Waals surface area contributed by atoms with Crippen molar-refractivity contribution in [3.63, 3.8) is 0 Å². The van der Waals surface area contributed by atoms with Crippen LogP contribution in [0.1, 0.15) is 23.1 Å². The Hall–Kier alpha value is -1.39. The Morgan fingerprint density at radius 2 is 2.28 bits per heavy atom. The van der Waals surface area contributed by atoms with Gasteiger partial charge in [0.2, 0.25) is 5.91 Å². The van der Waals surface area contributed by atoms with Crippen LogP contribution in [-0.4, -0.2) is 10.9 Å². The standard InChI is InChI=1S/C13H13ClN2OS/c1-8-12(18-13(15-8)16-9(2)17)7-10-4-3-5-11(14)6-10/h3-6H,7H2,1-2H3,(H,15,16,17). The first-order valence-corrected chi connectivity index (χ1v) is 6.72. The number of anilines is 1. The molecule has 5 heteroatoms. The summed E-state index contributed by atoms with van der Waals surface area (Å²) in [6.07, 6.45) is 0.781. The van der Waals surface area contributed by atoms with Crippen molar-refractivity contribution >= 4 is 34.0 Å². The van der Waals surface area contributed by atoms with Crippen LogP contribution in [0.25, 0.3) is 0 Å². The molecule has 1 aromatic carbocycles. The van der Waals surface area contributed by atoms with E-state index in [2.05, 4.69) is 10.3 Å². The Morgan fingerprint density at radius 3 is 2.94 bits per heavy atom. The van der Waals surface area contributed by atoms with Gasteiger partial charge in [0.1, 0.15) is 0 Å². The van der Waals surface area contributed by atoms with E-state index in [0.29, 0.717) is 5.13 Å². The second-order valence-electron chi connectivity index (χ2n) is 4.02. The van der Waals surface area contributed by atoms with Crippen LogP contribution >= 0.6 is 22.9 Å². The average Bonchev–Trinajstić information content (AvgIpc) is 2.58. The molecule has 0 radical (unpaired) electrons. The molecule has 0 atom stereocenters. The highest BCUT2D eigenvalue weighted by molar-refractivity contribution is 7.15. The predicted octanol–water partition coefficient (Wildman–Crippen LogP) is 3.65. The number of aromatic nitrogens is 1. The van der Waals surface area contributed by atoms with Crippen molar-refractivity contribution in [2.75, 3.05) is 5.32 Å². The number of thiazole rings is 1. The van der Waals surface area contributed by atoms with E-state index in [4.69, 9.17) is 11.6 Å². The highest BCUT2D eigenvalue weighted by atomic mass is 35.5. The molecule has 94 valence electrons. The fraction of sp³-hybridized carbons (Fsp3) is 0.231. The number of hydrogen-bond donors (Lipinski definition) is 1. The lowest BCUT2D eigenvalue weighted by Gasteiger charge is -2.00. The molecule has 0 aliphatic carbocycles. The number of carbonyl (C=O) groups excluding carboxylic acids is 1. The summed E-state index contributed by atoms with van der Waals surface area (Å²) >= 11 is 7.46. The molecule has 0 saturated heterocycles. The number of amides is 1. The Labute approximate surface area is 115 Å². The summed E-state index contributed by atoms with van der Waals surface area (Å²) in [5.74, 6) is -0.0990. The van der Waals surface area contributed by atoms with Crippen LogP contribution in [-0.2, 0) is 11.2 Å². The maximum Gasteiger partial charge on any atom is 0.223 e. The predicted molar refractivity (Wildman–Crippen MR) is 75.4 cm³/mol. The van der Waals surface area contributed by atoms with E-state index in [9.17, 15) is 4.79 Å². The summed E-state index contributed by atoms with van der Waals surface area (Å²) in [4.78, 5) is 16.4. The number of benzene rings is 1. The number of nitrogens with one attached hydrogen (secondary N) is 1. The van der Waals surface area contributed by atoms with Crippen molar-refractivity contribution in [1.29, 1.82) is 0 Å². The Kier molecular flexibility index (Phi) is 3.99. The zero-order valence-corrected chi connectivity index (χ0v) is 11.7. The second kappa shape index (κ2) is 5.50. The Bertz CT molecular complexity index is 580. The van der Waals surface area contributed by atoms with Crippen molar-refractivity contribution in [3.8, 4) is 0 Å². The largest absolute Gasteiger partial charge is 0.302 e. The second-order valence-corrected chi connectivity index (χ2v) is 5.54. The lowest BCUT2D eigenvalue weighted by atomic mass is 10.1. The monoisotopic (exact) mass is 280 g/mol. The molecule has 1 aromatic heterocycles. The van der Waals surface area contributed by atoms with E-state index >= 15 is 0 Å². The molecule has 3 nitrogen and oxygen atoms in total. The number of nitrogens with zero attached hydrogens (tertiary/aromatic N) is 1. The van der Waals surface area contributed by atoms with Crippen LogP contribution in [0.3, 0.4) is 0 Å². The van der Waals surface area contributed by atoms with Crippen molar-refractivity contribution in [2.45, 2.75) is 20.3 Å². The smallest absolute Gasteiger partial charge is 0.223 e. The van der Waals surface area contributed by atoms with Gasteiger partial charge in [-0.15, -0.1) is 11.3 Å². The summed E-state index contributed by atoms with van der Waals surface area (Å²) < 4.78 is 0. The number of halogens is 1. The topological polar surface area (TPSA) is 42.0 Å². The van der Waals surface area contributed by atoms with Crippen LogP contribution in [0.15, 0.2) is 24.3 Å². The molecule has 0 aliphatic heterocycles. The van der Waals surface area contributed by atoms with Gasteiger partial charge in [-0.3, -0.25) is 4.79 Å². The van der Waals surface area contributed by atoms with Crippen molar-refractivity contribution < 1.29 is 4.79 Å². The highest BCUT2D eigenvalue weighted by Crippen LogP contribution is 2.25. The van der Waals surface area contributed by atoms with Crippen molar-refractivity contribution in [2.24, 2.45) is 0 Å². The molecule has 0 fully saturated rings. The van der Waals surface area contributed by atoms with E-state index < -0.39 is 0 Å². The zero-order valence-electron chi connectivity index (χ0n) is 10.2. The Morgan fingerprint density at radius 1 is 1.50 bits per heavy atom. The first kappa shape index (κ1) is 13.1. The van der Waals surface area contributed by atoms with Crippen molar-refractivity contribution in [1.82, 2.24) is 4.98 Å². The van der Waals surface area contributed by atoms with E-state index in [0.717, 1.165) is 27.6 Å². The molecular formula is C13H13ClN2OS. The molecule has 2 aromatic rings. The van der Waals surface area contributed by atoms with E-state index in [1.165, 1.54) is 18.3 Å². The molecule has 1 heterocycles. The number of carbonyl (C=O) groups is 1. The van der Waals surface area contributed by atoms with Gasteiger partial charge in [0.25, 0.3) is 0 Å². The third kappa shape index (κ3) is 3.31. The zero-order chi connectivity index (χ0) is 13.1. The first-order chi connectivity index (χ1) is 8.54. The normalized spacial score (nSPS) is 10.4. The summed E-state index contributed by atoms with van der Waals surface area (Å²) in [6, 6.07) is 7.76. The van der Waals surface area contributed by atoms with Crippen LogP contribution in [0.2, 0.25) is 5.02 Å². The van der Waals surface area contributed by atoms with Crippen molar-refractivity contribution in [3.05, 3.63) is 45.4 Å². The summed E-state index contributed by atoms with van der Waals surface area (Å²) in [5, 5.41) is 4.09. The first-order valence-electron chi connectivity index (χ1n) is 5.53. The quantitative estimate of drug-likeness (QED) is 0.932. The third-order valence-corrected chi connectivity index (χ3v) is 3.74. The minimum absolute atomic E-state index is 0.0990. The highest BCUT2D eigenvalue weighted by Gasteiger charge is 2.09. The molecule has 18 heavy (non-hydrogen) atoms. The Balaban J connectivity index is 2.19. The average molecular weight is 281 g/mol. The van der Waals surface area contributed by atoms with Gasteiger partial charge in [0.15, 0.2) is 5.13 Å².